The van der Waals surface area contributed by atoms with Crippen LogP contribution >= 0.6 is 0 Å². The quantitative estimate of drug-likeness (QED) is 0.0836. The van der Waals surface area contributed by atoms with Crippen LogP contribution in [-0.4, -0.2) is 0 Å². The molecule has 0 unspecified atom stereocenters. The van der Waals surface area contributed by atoms with E-state index < -0.39 is 0 Å². The number of furan rings is 2. The molecule has 9 heteroatoms. The SMILES string of the molecule is Fc1cc(-c2ccccc2)cc(-c2ccccc2)c1N(c1ccccc1)c1ccc2c(c1)Oc1cccc3c1c-2cc1c2ccccc2c(-c2ccc(N(c4ccccc4-c4ccccc4)c4cccc5c4oc4ccccc45)cc2)cc31.c1ccc(N(c2ccccc2)c2cc3c4cccc5c4c(cc3c3ccccc23)-c2ccc(-c3ccc(N(c4ccccc4)c4cccc6c4oc4ccccc46)cc3)cc2O5)cc1. The van der Waals surface area contributed by atoms with Gasteiger partial charge in [-0.3, -0.25) is 0 Å². The zero-order valence-electron chi connectivity index (χ0n) is 79.5. The maximum Gasteiger partial charge on any atom is 0.159 e. The zero-order chi connectivity index (χ0) is 97.1. The fourth-order valence-electron chi connectivity index (χ4n) is 22.6. The maximum atomic E-state index is 17.4. The molecule has 25 aromatic carbocycles. The molecule has 2 aliphatic heterocycles. The molecule has 2 aromatic heterocycles. The summed E-state index contributed by atoms with van der Waals surface area (Å²) in [4.78, 5) is 9.02. The van der Waals surface area contributed by atoms with Gasteiger partial charge in [-0.1, -0.05) is 346 Å². The standard InChI is InChI=1S/C78H49FN2O2.C60H38N2O2/c79-70-46-54(50-21-5-1-6-22-50)45-66(52-25-9-3-10-26-52)77(70)80(55-27-11-4-12-28-55)57-43-44-62-69-49-67-60-31-14-13-30-59(60)65(48-68(67)63-33-20-38-74(76(63)69)82-75(62)47-57)53-39-41-56(42-40-53)81(71-35-17-15-29-58(71)51-23-7-2-8-24-51)72-36-19-34-64-61-32-16-18-37-73(61)83-78(64)72;1-4-16-41(17-5-1)61(54-27-14-26-50-47-24-12-13-28-56(47)64-60(50)54)44-33-30-39(31-34-44)40-32-35-48-53-37-51-45-22-10-11-23-46(45)55(62(42-18-6-2-7-19-42)43-20-8-3-9-21-43)38-52(51)49-25-15-29-57(59(49)53)63-58(48)36-40/h1-49H;1-38H. The first kappa shape index (κ1) is 85.4. The van der Waals surface area contributed by atoms with E-state index in [2.05, 4.69) is 421 Å². The van der Waals surface area contributed by atoms with E-state index in [1.54, 1.807) is 6.07 Å². The molecule has 0 atom stereocenters. The number of hydrogen-bond acceptors (Lipinski definition) is 8. The number of ether oxygens (including phenoxy) is 2. The average Bonchev–Trinajstić information content (AvgIpc) is 1.27. The molecule has 147 heavy (non-hydrogen) atoms. The lowest BCUT2D eigenvalue weighted by Gasteiger charge is -2.30. The van der Waals surface area contributed by atoms with Crippen LogP contribution in [0.1, 0.15) is 0 Å². The second-order valence-electron chi connectivity index (χ2n) is 37.7. The number of fused-ring (bicyclic) bond motifs is 18. The Bertz CT molecular complexity index is 9840. The van der Waals surface area contributed by atoms with Crippen LogP contribution in [0, 0.1) is 5.82 Å². The molecule has 0 N–H and O–H groups in total. The van der Waals surface area contributed by atoms with Gasteiger partial charge in [-0.15, -0.1) is 0 Å². The maximum absolute atomic E-state index is 17.4. The van der Waals surface area contributed by atoms with Crippen LogP contribution < -0.4 is 29.1 Å². The molecule has 27 aromatic rings. The van der Waals surface area contributed by atoms with Crippen LogP contribution in [0.2, 0.25) is 0 Å². The highest BCUT2D eigenvalue weighted by atomic mass is 19.1. The van der Waals surface area contributed by atoms with E-state index >= 15 is 4.39 Å². The number of benzene rings is 25. The van der Waals surface area contributed by atoms with E-state index in [0.29, 0.717) is 11.4 Å². The first-order valence-corrected chi connectivity index (χ1v) is 49.8. The number of hydrogen-bond donors (Lipinski definition) is 0. The fraction of sp³-hybridized carbons (Fsp3) is 0. The molecule has 0 aliphatic carbocycles. The predicted octanol–water partition coefficient (Wildman–Crippen LogP) is 40.0. The van der Waals surface area contributed by atoms with Gasteiger partial charge in [-0.05, 0) is 280 Å². The van der Waals surface area contributed by atoms with E-state index in [9.17, 15) is 0 Å². The molecular weight excluding hydrogens is 1800 g/mol. The third-order valence-electron chi connectivity index (χ3n) is 29.3. The highest BCUT2D eigenvalue weighted by Gasteiger charge is 2.32. The van der Waals surface area contributed by atoms with Gasteiger partial charge in [0.1, 0.15) is 40.0 Å². The summed E-state index contributed by atoms with van der Waals surface area (Å²) in [5, 5.41) is 18.2. The molecule has 0 bridgehead atoms. The highest BCUT2D eigenvalue weighted by molar-refractivity contribution is 6.28. The Balaban J connectivity index is 0.000000147. The minimum atomic E-state index is -0.333. The molecule has 0 spiro atoms. The number of para-hydroxylation sites is 9. The monoisotopic (exact) mass is 1880 g/mol. The molecule has 2 aliphatic rings. The number of rotatable bonds is 17. The lowest BCUT2D eigenvalue weighted by Crippen LogP contribution is -2.14. The largest absolute Gasteiger partial charge is 0.456 e. The summed E-state index contributed by atoms with van der Waals surface area (Å²) in [5.74, 6) is 2.85. The highest BCUT2D eigenvalue weighted by Crippen LogP contribution is 2.58. The van der Waals surface area contributed by atoms with E-state index in [0.717, 1.165) is 234 Å². The molecular formula is C138H87FN4O4. The molecule has 4 heterocycles. The van der Waals surface area contributed by atoms with Crippen LogP contribution in [0.4, 0.5) is 72.6 Å². The summed E-state index contributed by atoms with van der Waals surface area (Å²) < 4.78 is 44.6. The van der Waals surface area contributed by atoms with Gasteiger partial charge in [0.25, 0.3) is 0 Å². The van der Waals surface area contributed by atoms with Crippen molar-refractivity contribution >= 4 is 177 Å². The zero-order valence-corrected chi connectivity index (χ0v) is 79.5. The summed E-state index contributed by atoms with van der Waals surface area (Å²) in [6.07, 6.45) is 0. The molecule has 0 radical (unpaired) electrons. The Hall–Kier alpha value is -19.6. The summed E-state index contributed by atoms with van der Waals surface area (Å²) >= 11 is 0. The second kappa shape index (κ2) is 35.6. The minimum absolute atomic E-state index is 0.333. The number of anilines is 12. The second-order valence-corrected chi connectivity index (χ2v) is 37.7. The van der Waals surface area contributed by atoms with Crippen molar-refractivity contribution < 1.29 is 22.7 Å². The van der Waals surface area contributed by atoms with Gasteiger partial charge >= 0.3 is 0 Å². The molecule has 690 valence electrons. The Labute approximate surface area is 847 Å². The first-order valence-electron chi connectivity index (χ1n) is 49.8. The van der Waals surface area contributed by atoms with Crippen LogP contribution in [0.25, 0.3) is 186 Å². The van der Waals surface area contributed by atoms with Gasteiger partial charge < -0.3 is 37.9 Å². The molecule has 0 amide bonds. The smallest absolute Gasteiger partial charge is 0.159 e. The van der Waals surface area contributed by atoms with Gasteiger partial charge in [0, 0.05) is 100 Å². The topological polar surface area (TPSA) is 57.7 Å². The van der Waals surface area contributed by atoms with Crippen molar-refractivity contribution in [3.8, 4) is 101 Å². The lowest BCUT2D eigenvalue weighted by atomic mass is 9.86. The minimum Gasteiger partial charge on any atom is -0.456 e. The van der Waals surface area contributed by atoms with Gasteiger partial charge in [-0.25, -0.2) is 4.39 Å². The first-order chi connectivity index (χ1) is 72.8. The number of halogens is 1. The normalized spacial score (nSPS) is 11.8. The molecule has 0 saturated carbocycles. The van der Waals surface area contributed by atoms with Crippen molar-refractivity contribution in [2.24, 2.45) is 0 Å². The lowest BCUT2D eigenvalue weighted by molar-refractivity contribution is 0.487. The summed E-state index contributed by atoms with van der Waals surface area (Å²) in [6, 6.07) is 185. The van der Waals surface area contributed by atoms with Crippen LogP contribution in [-0.2, 0) is 0 Å². The Morgan fingerprint density at radius 2 is 0.510 bits per heavy atom. The van der Waals surface area contributed by atoms with Gasteiger partial charge in [0.05, 0.1) is 34.1 Å². The third kappa shape index (κ3) is 14.6. The van der Waals surface area contributed by atoms with Crippen LogP contribution in [0.5, 0.6) is 23.0 Å². The molecule has 0 saturated heterocycles. The van der Waals surface area contributed by atoms with Gasteiger partial charge in [0.15, 0.2) is 11.2 Å². The van der Waals surface area contributed by atoms with Crippen molar-refractivity contribution in [1.29, 1.82) is 0 Å². The number of nitrogens with zero attached hydrogens (tertiary/aromatic N) is 4. The summed E-state index contributed by atoms with van der Waals surface area (Å²) in [7, 11) is 0. The van der Waals surface area contributed by atoms with Crippen molar-refractivity contribution in [2.45, 2.75) is 0 Å². The van der Waals surface area contributed by atoms with Gasteiger partial charge in [-0.2, -0.15) is 0 Å². The van der Waals surface area contributed by atoms with E-state index in [-0.39, 0.29) is 5.82 Å². The van der Waals surface area contributed by atoms with Crippen LogP contribution in [0.15, 0.2) is 537 Å². The molecule has 0 fully saturated rings. The van der Waals surface area contributed by atoms with Crippen molar-refractivity contribution in [3.05, 3.63) is 534 Å². The van der Waals surface area contributed by atoms with E-state index in [1.165, 1.54) is 32.5 Å². The average molecular weight is 1880 g/mol. The molecule has 8 nitrogen and oxygen atoms in total. The van der Waals surface area contributed by atoms with Gasteiger partial charge in [0.2, 0.25) is 0 Å². The van der Waals surface area contributed by atoms with Crippen molar-refractivity contribution in [3.63, 3.8) is 0 Å². The Morgan fingerprint density at radius 1 is 0.156 bits per heavy atom. The third-order valence-corrected chi connectivity index (χ3v) is 29.3. The van der Waals surface area contributed by atoms with Crippen molar-refractivity contribution in [1.82, 2.24) is 0 Å². The van der Waals surface area contributed by atoms with Crippen LogP contribution in [0.3, 0.4) is 0 Å². The molecule has 29 rings (SSSR count). The Kier molecular flexibility index (Phi) is 20.7. The fourth-order valence-corrected chi connectivity index (χ4v) is 22.6. The summed E-state index contributed by atoms with van der Waals surface area (Å²) in [6.45, 7) is 0. The summed E-state index contributed by atoms with van der Waals surface area (Å²) in [5.41, 5.74) is 29.4. The Morgan fingerprint density at radius 3 is 1.07 bits per heavy atom. The van der Waals surface area contributed by atoms with Crippen molar-refractivity contribution in [2.75, 3.05) is 19.6 Å². The predicted molar refractivity (Wildman–Crippen MR) is 609 cm³/mol. The van der Waals surface area contributed by atoms with E-state index in [1.807, 2.05) is 120 Å². The van der Waals surface area contributed by atoms with E-state index in [4.69, 9.17) is 18.3 Å².